The molecule has 0 saturated carbocycles. The van der Waals surface area contributed by atoms with Crippen molar-refractivity contribution in [2.45, 2.75) is 6.18 Å². The maximum Gasteiger partial charge on any atom is 0.401 e. The smallest absolute Gasteiger partial charge is 0.401 e. The van der Waals surface area contributed by atoms with Gasteiger partial charge in [-0.3, -0.25) is 4.90 Å². The fourth-order valence-corrected chi connectivity index (χ4v) is 2.05. The molecule has 10 heteroatoms. The van der Waals surface area contributed by atoms with Crippen LogP contribution in [0.25, 0.3) is 0 Å². The fourth-order valence-electron chi connectivity index (χ4n) is 2.05. The molecule has 1 aromatic heterocycles. The van der Waals surface area contributed by atoms with Crippen LogP contribution in [0.2, 0.25) is 0 Å². The normalized spacial score (nSPS) is 16.9. The maximum atomic E-state index is 12.3. The number of hydrogen-bond acceptors (Lipinski definition) is 7. The zero-order valence-corrected chi connectivity index (χ0v) is 11.8. The van der Waals surface area contributed by atoms with Gasteiger partial charge in [-0.2, -0.15) is 28.1 Å². The average Bonchev–Trinajstić information content (AvgIpc) is 2.45. The van der Waals surface area contributed by atoms with Crippen LogP contribution in [-0.2, 0) is 0 Å². The van der Waals surface area contributed by atoms with Gasteiger partial charge in [-0.15, -0.1) is 0 Å². The third kappa shape index (κ3) is 4.31. The van der Waals surface area contributed by atoms with Gasteiger partial charge in [-0.05, 0) is 0 Å². The molecular formula is C11H17F3N6O. The summed E-state index contributed by atoms with van der Waals surface area (Å²) < 4.78 is 42.0. The van der Waals surface area contributed by atoms with E-state index in [0.29, 0.717) is 38.1 Å². The van der Waals surface area contributed by atoms with E-state index < -0.39 is 12.7 Å². The van der Waals surface area contributed by atoms with E-state index in [0.717, 1.165) is 0 Å². The van der Waals surface area contributed by atoms with Gasteiger partial charge in [-0.25, -0.2) is 0 Å². The second-order valence-electron chi connectivity index (χ2n) is 4.57. The van der Waals surface area contributed by atoms with Crippen molar-refractivity contribution in [1.82, 2.24) is 19.9 Å². The van der Waals surface area contributed by atoms with Gasteiger partial charge in [-0.1, -0.05) is 0 Å². The Morgan fingerprint density at radius 2 is 1.81 bits per heavy atom. The Balaban J connectivity index is 2.02. The first-order valence-electron chi connectivity index (χ1n) is 6.43. The minimum Gasteiger partial charge on any atom is -0.467 e. The Hall–Kier alpha value is -1.84. The van der Waals surface area contributed by atoms with Gasteiger partial charge >= 0.3 is 12.2 Å². The van der Waals surface area contributed by atoms with E-state index in [-0.39, 0.29) is 6.01 Å². The number of nitrogens with zero attached hydrogens (tertiary/aromatic N) is 5. The van der Waals surface area contributed by atoms with E-state index in [1.807, 2.05) is 4.90 Å². The first kappa shape index (κ1) is 15.5. The molecule has 0 amide bonds. The van der Waals surface area contributed by atoms with Crippen molar-refractivity contribution in [1.29, 1.82) is 0 Å². The number of hydrogen-bond donors (Lipinski definition) is 1. The Bertz CT molecular complexity index is 453. The van der Waals surface area contributed by atoms with Gasteiger partial charge in [0.1, 0.15) is 0 Å². The van der Waals surface area contributed by atoms with Gasteiger partial charge in [0.15, 0.2) is 0 Å². The van der Waals surface area contributed by atoms with E-state index in [1.54, 1.807) is 7.05 Å². The van der Waals surface area contributed by atoms with Crippen molar-refractivity contribution in [3.8, 4) is 6.01 Å². The van der Waals surface area contributed by atoms with Crippen LogP contribution in [-0.4, -0.2) is 72.9 Å². The molecule has 0 spiro atoms. The standard InChI is InChI=1S/C11H17F3N6O/c1-15-8-16-9(18-10(17-8)21-2)20-5-3-19(4-6-20)7-11(12,13)14/h3-7H2,1-2H3,(H,15,16,17,18). The molecule has 0 atom stereocenters. The molecule has 2 rings (SSSR count). The van der Waals surface area contributed by atoms with Crippen LogP contribution in [0.5, 0.6) is 6.01 Å². The van der Waals surface area contributed by atoms with Crippen molar-refractivity contribution < 1.29 is 17.9 Å². The lowest BCUT2D eigenvalue weighted by atomic mass is 10.3. The molecule has 0 aromatic carbocycles. The Morgan fingerprint density at radius 3 is 2.33 bits per heavy atom. The quantitative estimate of drug-likeness (QED) is 0.874. The van der Waals surface area contributed by atoms with Crippen molar-refractivity contribution in [3.63, 3.8) is 0 Å². The second kappa shape index (κ2) is 6.29. The van der Waals surface area contributed by atoms with Gasteiger partial charge in [0.05, 0.1) is 13.7 Å². The minimum atomic E-state index is -4.17. The molecule has 1 aromatic rings. The number of methoxy groups -OCH3 is 1. The lowest BCUT2D eigenvalue weighted by molar-refractivity contribution is -0.146. The highest BCUT2D eigenvalue weighted by atomic mass is 19.4. The summed E-state index contributed by atoms with van der Waals surface area (Å²) in [6, 6.07) is 0.169. The zero-order chi connectivity index (χ0) is 15.5. The van der Waals surface area contributed by atoms with Gasteiger partial charge in [0, 0.05) is 33.2 Å². The van der Waals surface area contributed by atoms with Crippen LogP contribution in [0.3, 0.4) is 0 Å². The number of piperazine rings is 1. The van der Waals surface area contributed by atoms with Crippen molar-refractivity contribution in [2.24, 2.45) is 0 Å². The molecule has 0 aliphatic carbocycles. The first-order chi connectivity index (χ1) is 9.91. The van der Waals surface area contributed by atoms with Crippen LogP contribution in [0.1, 0.15) is 0 Å². The van der Waals surface area contributed by atoms with E-state index in [4.69, 9.17) is 4.74 Å². The van der Waals surface area contributed by atoms with Crippen molar-refractivity contribution >= 4 is 11.9 Å². The number of nitrogens with one attached hydrogen (secondary N) is 1. The fraction of sp³-hybridized carbons (Fsp3) is 0.727. The third-order valence-corrected chi connectivity index (χ3v) is 3.07. The van der Waals surface area contributed by atoms with Crippen LogP contribution in [0.4, 0.5) is 25.1 Å². The summed E-state index contributed by atoms with van der Waals surface area (Å²) in [5.41, 5.74) is 0. The minimum absolute atomic E-state index is 0.169. The first-order valence-corrected chi connectivity index (χ1v) is 6.43. The van der Waals surface area contributed by atoms with E-state index >= 15 is 0 Å². The Kier molecular flexibility index (Phi) is 4.66. The van der Waals surface area contributed by atoms with Gasteiger partial charge < -0.3 is 15.0 Å². The van der Waals surface area contributed by atoms with Crippen LogP contribution >= 0.6 is 0 Å². The third-order valence-electron chi connectivity index (χ3n) is 3.07. The molecular weight excluding hydrogens is 289 g/mol. The van der Waals surface area contributed by atoms with E-state index in [1.165, 1.54) is 12.0 Å². The number of ether oxygens (including phenoxy) is 1. The Labute approximate surface area is 120 Å². The number of alkyl halides is 3. The number of aromatic nitrogens is 3. The van der Waals surface area contributed by atoms with Crippen LogP contribution in [0, 0.1) is 0 Å². The highest BCUT2D eigenvalue weighted by Gasteiger charge is 2.32. The largest absolute Gasteiger partial charge is 0.467 e. The highest BCUT2D eigenvalue weighted by Crippen LogP contribution is 2.20. The molecule has 0 unspecified atom stereocenters. The van der Waals surface area contributed by atoms with E-state index in [9.17, 15) is 13.2 Å². The molecule has 2 heterocycles. The van der Waals surface area contributed by atoms with E-state index in [2.05, 4.69) is 20.3 Å². The Morgan fingerprint density at radius 1 is 1.14 bits per heavy atom. The lowest BCUT2D eigenvalue weighted by Crippen LogP contribution is -2.49. The summed E-state index contributed by atoms with van der Waals surface area (Å²) in [6.45, 7) is 0.576. The SMILES string of the molecule is CNc1nc(OC)nc(N2CCN(CC(F)(F)F)CC2)n1. The topological polar surface area (TPSA) is 66.4 Å². The maximum absolute atomic E-state index is 12.3. The second-order valence-corrected chi connectivity index (χ2v) is 4.57. The summed E-state index contributed by atoms with van der Waals surface area (Å²) in [7, 11) is 3.11. The predicted octanol–water partition coefficient (Wildman–Crippen LogP) is 0.606. The summed E-state index contributed by atoms with van der Waals surface area (Å²) >= 11 is 0. The molecule has 1 fully saturated rings. The highest BCUT2D eigenvalue weighted by molar-refractivity contribution is 5.38. The van der Waals surface area contributed by atoms with Crippen LogP contribution < -0.4 is 15.0 Å². The molecule has 118 valence electrons. The number of halogens is 3. The summed E-state index contributed by atoms with van der Waals surface area (Å²) in [6.07, 6.45) is -4.17. The molecule has 1 N–H and O–H groups in total. The molecule has 0 bridgehead atoms. The predicted molar refractivity (Wildman–Crippen MR) is 70.6 cm³/mol. The molecule has 0 radical (unpaired) electrons. The summed E-state index contributed by atoms with van der Waals surface area (Å²) in [4.78, 5) is 15.5. The van der Waals surface area contributed by atoms with Crippen molar-refractivity contribution in [2.75, 3.05) is 57.1 Å². The molecule has 1 aliphatic heterocycles. The molecule has 7 nitrogen and oxygen atoms in total. The number of rotatable bonds is 4. The number of anilines is 2. The summed E-state index contributed by atoms with van der Waals surface area (Å²) in [5, 5.41) is 2.79. The van der Waals surface area contributed by atoms with Crippen LogP contribution in [0.15, 0.2) is 0 Å². The zero-order valence-electron chi connectivity index (χ0n) is 11.8. The van der Waals surface area contributed by atoms with Gasteiger partial charge in [0.25, 0.3) is 0 Å². The summed E-state index contributed by atoms with van der Waals surface area (Å²) in [5.74, 6) is 0.757. The molecule has 21 heavy (non-hydrogen) atoms. The van der Waals surface area contributed by atoms with Gasteiger partial charge in [0.2, 0.25) is 11.9 Å². The average molecular weight is 306 g/mol. The molecule has 1 aliphatic rings. The molecule has 1 saturated heterocycles. The monoisotopic (exact) mass is 306 g/mol. The van der Waals surface area contributed by atoms with Crippen molar-refractivity contribution in [3.05, 3.63) is 0 Å². The lowest BCUT2D eigenvalue weighted by Gasteiger charge is -2.34.